The topological polar surface area (TPSA) is 55.3 Å². The first-order valence-electron chi connectivity index (χ1n) is 4.74. The predicted molar refractivity (Wildman–Crippen MR) is 54.6 cm³/mol. The molecule has 1 fully saturated rings. The number of aliphatic hydroxyl groups excluding tert-OH is 1. The van der Waals surface area contributed by atoms with Crippen LogP contribution in [-0.4, -0.2) is 27.1 Å². The molecule has 0 aliphatic heterocycles. The normalized spacial score (nSPS) is 22.8. The molecule has 2 atom stereocenters. The average molecular weight is 205 g/mol. The molecule has 3 nitrogen and oxygen atoms in total. The third-order valence-electron chi connectivity index (χ3n) is 2.15. The monoisotopic (exact) mass is 205 g/mol. The summed E-state index contributed by atoms with van der Waals surface area (Å²) in [7, 11) is 0. The quantitative estimate of drug-likeness (QED) is 0.668. The second-order valence-corrected chi connectivity index (χ2v) is 6.69. The summed E-state index contributed by atoms with van der Waals surface area (Å²) in [6.45, 7) is 6.20. The number of hydrogen-bond donors (Lipinski definition) is 2. The van der Waals surface area contributed by atoms with E-state index in [-0.39, 0.29) is 10.9 Å². The molecule has 0 radical (unpaired) electrons. The van der Waals surface area contributed by atoms with Crippen molar-refractivity contribution in [1.29, 1.82) is 0 Å². The van der Waals surface area contributed by atoms with Gasteiger partial charge in [0.05, 0.1) is 12.6 Å². The van der Waals surface area contributed by atoms with Crippen LogP contribution in [0.4, 0.5) is 0 Å². The van der Waals surface area contributed by atoms with Gasteiger partial charge in [-0.2, -0.15) is 0 Å². The zero-order valence-corrected chi connectivity index (χ0v) is 9.36. The Morgan fingerprint density at radius 3 is 2.46 bits per heavy atom. The highest BCUT2D eigenvalue weighted by molar-refractivity contribution is 7.90. The molecule has 0 bridgehead atoms. The summed E-state index contributed by atoms with van der Waals surface area (Å²) < 4.78 is 14.1. The number of rotatable bonds is 4. The average Bonchev–Trinajstić information content (AvgIpc) is 2.79. The van der Waals surface area contributed by atoms with Crippen LogP contribution in [0.3, 0.4) is 0 Å². The summed E-state index contributed by atoms with van der Waals surface area (Å²) >= 11 is -1.06. The second-order valence-electron chi connectivity index (χ2n) is 4.63. The van der Waals surface area contributed by atoms with Gasteiger partial charge in [0.15, 0.2) is 0 Å². The first kappa shape index (κ1) is 11.3. The Balaban J connectivity index is 2.17. The van der Waals surface area contributed by atoms with Crippen molar-refractivity contribution >= 4 is 11.4 Å². The minimum atomic E-state index is -1.06. The van der Waals surface area contributed by atoms with Crippen molar-refractivity contribution in [2.24, 2.45) is 5.92 Å². The first-order chi connectivity index (χ1) is 5.91. The SMILES string of the molecule is CC(C)(C)[S+]([O-])NC[C@H](O)C1CC1. The lowest BCUT2D eigenvalue weighted by molar-refractivity contribution is 0.155. The summed E-state index contributed by atoms with van der Waals surface area (Å²) in [5, 5.41) is 9.51. The van der Waals surface area contributed by atoms with Gasteiger partial charge in [-0.15, -0.1) is 4.72 Å². The molecule has 2 N–H and O–H groups in total. The van der Waals surface area contributed by atoms with Gasteiger partial charge in [0.1, 0.15) is 4.75 Å². The molecule has 1 rings (SSSR count). The van der Waals surface area contributed by atoms with E-state index in [9.17, 15) is 9.66 Å². The van der Waals surface area contributed by atoms with Gasteiger partial charge in [-0.1, -0.05) is 0 Å². The van der Waals surface area contributed by atoms with Crippen molar-refractivity contribution in [3.63, 3.8) is 0 Å². The number of hydrogen-bond acceptors (Lipinski definition) is 3. The van der Waals surface area contributed by atoms with E-state index in [1.165, 1.54) is 0 Å². The maximum Gasteiger partial charge on any atom is 0.136 e. The fraction of sp³-hybridized carbons (Fsp3) is 1.00. The maximum atomic E-state index is 11.5. The molecule has 1 aliphatic rings. The van der Waals surface area contributed by atoms with E-state index in [0.717, 1.165) is 12.8 Å². The molecule has 0 saturated heterocycles. The van der Waals surface area contributed by atoms with Gasteiger partial charge in [0.2, 0.25) is 0 Å². The lowest BCUT2D eigenvalue weighted by atomic mass is 10.2. The van der Waals surface area contributed by atoms with Gasteiger partial charge < -0.3 is 9.66 Å². The van der Waals surface area contributed by atoms with Gasteiger partial charge in [-0.05, 0) is 39.5 Å². The summed E-state index contributed by atoms with van der Waals surface area (Å²) in [5.41, 5.74) is 0. The second kappa shape index (κ2) is 4.17. The van der Waals surface area contributed by atoms with Crippen LogP contribution in [0.1, 0.15) is 33.6 Å². The highest BCUT2D eigenvalue weighted by Gasteiger charge is 2.32. The lowest BCUT2D eigenvalue weighted by Crippen LogP contribution is -2.43. The van der Waals surface area contributed by atoms with E-state index >= 15 is 0 Å². The van der Waals surface area contributed by atoms with E-state index in [1.807, 2.05) is 20.8 Å². The minimum absolute atomic E-state index is 0.247. The molecule has 4 heteroatoms. The molecule has 0 amide bonds. The first-order valence-corrected chi connectivity index (χ1v) is 5.89. The van der Waals surface area contributed by atoms with Crippen LogP contribution in [0.5, 0.6) is 0 Å². The molecule has 0 spiro atoms. The molecule has 1 saturated carbocycles. The van der Waals surface area contributed by atoms with Gasteiger partial charge >= 0.3 is 0 Å². The van der Waals surface area contributed by atoms with Gasteiger partial charge in [0.25, 0.3) is 0 Å². The Labute approximate surface area is 83.2 Å². The third kappa shape index (κ3) is 3.85. The van der Waals surface area contributed by atoms with Gasteiger partial charge in [-0.25, -0.2) is 0 Å². The zero-order valence-electron chi connectivity index (χ0n) is 8.54. The van der Waals surface area contributed by atoms with E-state index in [4.69, 9.17) is 0 Å². The molecule has 0 aromatic rings. The molecular formula is C9H19NO2S. The number of nitrogens with one attached hydrogen (secondary N) is 1. The standard InChI is InChI=1S/C9H19NO2S/c1-9(2,3)13(12)10-6-8(11)7-4-5-7/h7-8,10-11H,4-6H2,1-3H3/t8-,13?/m0/s1. The zero-order chi connectivity index (χ0) is 10.1. The van der Waals surface area contributed by atoms with Crippen LogP contribution in [0.2, 0.25) is 0 Å². The van der Waals surface area contributed by atoms with Crippen LogP contribution < -0.4 is 4.72 Å². The summed E-state index contributed by atoms with van der Waals surface area (Å²) in [4.78, 5) is 0. The van der Waals surface area contributed by atoms with Crippen molar-refractivity contribution in [2.75, 3.05) is 6.54 Å². The Kier molecular flexibility index (Phi) is 3.63. The Morgan fingerprint density at radius 2 is 2.08 bits per heavy atom. The largest absolute Gasteiger partial charge is 0.598 e. The minimum Gasteiger partial charge on any atom is -0.598 e. The predicted octanol–water partition coefficient (Wildman–Crippen LogP) is 0.809. The smallest absolute Gasteiger partial charge is 0.136 e. The Bertz CT molecular complexity index is 165. The summed E-state index contributed by atoms with van der Waals surface area (Å²) in [6.07, 6.45) is 1.92. The molecule has 0 aromatic carbocycles. The van der Waals surface area contributed by atoms with Gasteiger partial charge in [-0.3, -0.25) is 0 Å². The molecular weight excluding hydrogens is 186 g/mol. The third-order valence-corrected chi connectivity index (χ3v) is 3.69. The molecule has 1 aliphatic carbocycles. The maximum absolute atomic E-state index is 11.5. The molecule has 78 valence electrons. The Morgan fingerprint density at radius 1 is 1.54 bits per heavy atom. The Hall–Kier alpha value is 0.230. The highest BCUT2D eigenvalue weighted by atomic mass is 32.2. The van der Waals surface area contributed by atoms with E-state index < -0.39 is 11.4 Å². The van der Waals surface area contributed by atoms with Crippen LogP contribution in [0, 0.1) is 5.92 Å². The van der Waals surface area contributed by atoms with Crippen LogP contribution in [-0.2, 0) is 11.4 Å². The fourth-order valence-electron chi connectivity index (χ4n) is 1.03. The molecule has 1 unspecified atom stereocenters. The van der Waals surface area contributed by atoms with Crippen molar-refractivity contribution in [3.05, 3.63) is 0 Å². The van der Waals surface area contributed by atoms with E-state index in [1.54, 1.807) is 0 Å². The van der Waals surface area contributed by atoms with Gasteiger partial charge in [0, 0.05) is 11.4 Å². The van der Waals surface area contributed by atoms with Crippen molar-refractivity contribution < 1.29 is 9.66 Å². The highest BCUT2D eigenvalue weighted by Crippen LogP contribution is 2.32. The molecule has 13 heavy (non-hydrogen) atoms. The molecule has 0 aromatic heterocycles. The fourth-order valence-corrected chi connectivity index (χ4v) is 1.78. The van der Waals surface area contributed by atoms with E-state index in [2.05, 4.69) is 4.72 Å². The van der Waals surface area contributed by atoms with Crippen molar-refractivity contribution in [3.8, 4) is 0 Å². The van der Waals surface area contributed by atoms with Crippen molar-refractivity contribution in [1.82, 2.24) is 4.72 Å². The van der Waals surface area contributed by atoms with Crippen LogP contribution in [0.15, 0.2) is 0 Å². The van der Waals surface area contributed by atoms with Crippen LogP contribution in [0.25, 0.3) is 0 Å². The van der Waals surface area contributed by atoms with Crippen molar-refractivity contribution in [2.45, 2.75) is 44.5 Å². The summed E-state index contributed by atoms with van der Waals surface area (Å²) in [5.74, 6) is 0.449. The van der Waals surface area contributed by atoms with Crippen LogP contribution >= 0.6 is 0 Å². The lowest BCUT2D eigenvalue weighted by Gasteiger charge is -2.24. The molecule has 0 heterocycles. The summed E-state index contributed by atoms with van der Waals surface area (Å²) in [6, 6.07) is 0. The number of aliphatic hydroxyl groups is 1. The van der Waals surface area contributed by atoms with E-state index in [0.29, 0.717) is 12.5 Å².